The molecule has 0 bridgehead atoms. The Balaban J connectivity index is 1.67. The van der Waals surface area contributed by atoms with Gasteiger partial charge >= 0.3 is 0 Å². The first kappa shape index (κ1) is 20.3. The minimum absolute atomic E-state index is 0.0188. The van der Waals surface area contributed by atoms with Gasteiger partial charge in [-0.25, -0.2) is 0 Å². The van der Waals surface area contributed by atoms with Crippen LogP contribution in [0, 0.1) is 10.7 Å². The molecule has 8 heteroatoms. The second-order valence-electron chi connectivity index (χ2n) is 6.79. The predicted octanol–water partition coefficient (Wildman–Crippen LogP) is 4.58. The van der Waals surface area contributed by atoms with E-state index in [1.54, 1.807) is 18.4 Å². The molecule has 0 radical (unpaired) electrons. The van der Waals surface area contributed by atoms with Crippen LogP contribution in [0.5, 0.6) is 5.75 Å². The number of nitrogens with zero attached hydrogens (tertiary/aromatic N) is 2. The first-order chi connectivity index (χ1) is 13.5. The van der Waals surface area contributed by atoms with Gasteiger partial charge in [-0.2, -0.15) is 5.10 Å². The summed E-state index contributed by atoms with van der Waals surface area (Å²) >= 11 is 6.93. The molecule has 1 atom stereocenters. The van der Waals surface area contributed by atoms with Gasteiger partial charge < -0.3 is 10.1 Å². The molecule has 28 heavy (non-hydrogen) atoms. The number of ether oxygens (including phenoxy) is 1. The minimum Gasteiger partial charge on any atom is -0.497 e. The first-order valence-corrected chi connectivity index (χ1v) is 10.4. The highest BCUT2D eigenvalue weighted by molar-refractivity contribution is 7.71. The van der Waals surface area contributed by atoms with Crippen molar-refractivity contribution in [2.45, 2.75) is 32.9 Å². The lowest BCUT2D eigenvalue weighted by molar-refractivity contribution is -0.122. The molecule has 1 aromatic carbocycles. The molecule has 0 aliphatic carbocycles. The number of benzene rings is 1. The van der Waals surface area contributed by atoms with E-state index >= 15 is 0 Å². The summed E-state index contributed by atoms with van der Waals surface area (Å²) < 4.78 is 7.61. The third-order valence-corrected chi connectivity index (χ3v) is 5.70. The molecule has 0 aliphatic heterocycles. The highest BCUT2D eigenvalue weighted by atomic mass is 32.1. The summed E-state index contributed by atoms with van der Waals surface area (Å²) in [6.07, 6.45) is 0.325. The number of amides is 1. The van der Waals surface area contributed by atoms with E-state index in [4.69, 9.17) is 17.0 Å². The van der Waals surface area contributed by atoms with Crippen LogP contribution in [0.15, 0.2) is 41.8 Å². The fourth-order valence-corrected chi connectivity index (χ4v) is 3.97. The SMILES string of the molecule is COc1ccc(C(NC(=O)CCn2c(-c3cccs3)n[nH]c2=S)C(C)C)cc1. The molecule has 2 aromatic heterocycles. The molecular weight excluding hydrogens is 392 g/mol. The summed E-state index contributed by atoms with van der Waals surface area (Å²) in [5.74, 6) is 1.81. The van der Waals surface area contributed by atoms with Gasteiger partial charge in [0.05, 0.1) is 18.0 Å². The Morgan fingerprint density at radius 3 is 2.68 bits per heavy atom. The van der Waals surface area contributed by atoms with Gasteiger partial charge in [0.1, 0.15) is 5.75 Å². The molecule has 2 heterocycles. The molecule has 0 saturated heterocycles. The van der Waals surface area contributed by atoms with Crippen LogP contribution in [0.2, 0.25) is 0 Å². The molecule has 1 amide bonds. The number of hydrogen-bond acceptors (Lipinski definition) is 5. The van der Waals surface area contributed by atoms with E-state index in [0.29, 0.717) is 17.7 Å². The van der Waals surface area contributed by atoms with Gasteiger partial charge in [-0.15, -0.1) is 11.3 Å². The first-order valence-electron chi connectivity index (χ1n) is 9.12. The van der Waals surface area contributed by atoms with E-state index in [-0.39, 0.29) is 17.9 Å². The number of carbonyl (C=O) groups is 1. The van der Waals surface area contributed by atoms with E-state index in [1.165, 1.54) is 0 Å². The van der Waals surface area contributed by atoms with Crippen LogP contribution in [-0.2, 0) is 11.3 Å². The van der Waals surface area contributed by atoms with Gasteiger partial charge in [0.2, 0.25) is 5.91 Å². The van der Waals surface area contributed by atoms with Crippen molar-refractivity contribution in [3.05, 3.63) is 52.1 Å². The zero-order valence-electron chi connectivity index (χ0n) is 16.1. The Bertz CT molecular complexity index is 959. The van der Waals surface area contributed by atoms with Gasteiger partial charge in [0.15, 0.2) is 10.6 Å². The van der Waals surface area contributed by atoms with Crippen LogP contribution in [0.25, 0.3) is 10.7 Å². The van der Waals surface area contributed by atoms with Crippen molar-refractivity contribution in [3.8, 4) is 16.5 Å². The van der Waals surface area contributed by atoms with Crippen LogP contribution in [0.1, 0.15) is 31.9 Å². The number of aromatic amines is 1. The molecule has 2 N–H and O–H groups in total. The lowest BCUT2D eigenvalue weighted by Crippen LogP contribution is -2.32. The number of methoxy groups -OCH3 is 1. The molecule has 3 aromatic rings. The van der Waals surface area contributed by atoms with Gasteiger partial charge in [-0.05, 0) is 47.3 Å². The topological polar surface area (TPSA) is 71.9 Å². The summed E-state index contributed by atoms with van der Waals surface area (Å²) in [6, 6.07) is 11.7. The molecule has 0 fully saturated rings. The van der Waals surface area contributed by atoms with Gasteiger partial charge in [0.25, 0.3) is 0 Å². The quantitative estimate of drug-likeness (QED) is 0.527. The molecule has 0 saturated carbocycles. The average Bonchev–Trinajstić information content (AvgIpc) is 3.34. The molecule has 0 aliphatic rings. The number of nitrogens with one attached hydrogen (secondary N) is 2. The van der Waals surface area contributed by atoms with Crippen molar-refractivity contribution < 1.29 is 9.53 Å². The number of H-pyrrole nitrogens is 1. The Kier molecular flexibility index (Phi) is 6.64. The monoisotopic (exact) mass is 416 g/mol. The number of carbonyl (C=O) groups excluding carboxylic acids is 1. The zero-order valence-corrected chi connectivity index (χ0v) is 17.8. The fraction of sp³-hybridized carbons (Fsp3) is 0.350. The molecule has 3 rings (SSSR count). The van der Waals surface area contributed by atoms with Gasteiger partial charge in [-0.1, -0.05) is 32.0 Å². The van der Waals surface area contributed by atoms with Crippen LogP contribution < -0.4 is 10.1 Å². The molecule has 1 unspecified atom stereocenters. The zero-order chi connectivity index (χ0) is 20.1. The van der Waals surface area contributed by atoms with E-state index in [1.807, 2.05) is 46.3 Å². The Morgan fingerprint density at radius 2 is 2.07 bits per heavy atom. The third kappa shape index (κ3) is 4.69. The second kappa shape index (κ2) is 9.16. The normalized spacial score (nSPS) is 12.1. The number of rotatable bonds is 8. The molecular formula is C20H24N4O2S2. The average molecular weight is 417 g/mol. The van der Waals surface area contributed by atoms with Crippen molar-refractivity contribution in [3.63, 3.8) is 0 Å². The van der Waals surface area contributed by atoms with Crippen molar-refractivity contribution >= 4 is 29.5 Å². The highest BCUT2D eigenvalue weighted by Gasteiger charge is 2.19. The van der Waals surface area contributed by atoms with E-state index in [0.717, 1.165) is 22.0 Å². The van der Waals surface area contributed by atoms with E-state index in [2.05, 4.69) is 29.4 Å². The second-order valence-corrected chi connectivity index (χ2v) is 8.13. The Labute approximate surface area is 173 Å². The number of thiophene rings is 1. The van der Waals surface area contributed by atoms with Crippen LogP contribution >= 0.6 is 23.6 Å². The van der Waals surface area contributed by atoms with Crippen molar-refractivity contribution in [2.75, 3.05) is 7.11 Å². The summed E-state index contributed by atoms with van der Waals surface area (Å²) in [5.41, 5.74) is 1.06. The standard InChI is InChI=1S/C20H24N4O2S2/c1-13(2)18(14-6-8-15(26-3)9-7-14)21-17(25)10-11-24-19(22-23-20(24)27)16-5-4-12-28-16/h4-9,12-13,18H,10-11H2,1-3H3,(H,21,25)(H,23,27). The third-order valence-electron chi connectivity index (χ3n) is 4.52. The van der Waals surface area contributed by atoms with E-state index < -0.39 is 0 Å². The molecule has 6 nitrogen and oxygen atoms in total. The van der Waals surface area contributed by atoms with Gasteiger partial charge in [-0.3, -0.25) is 14.5 Å². The van der Waals surface area contributed by atoms with Crippen LogP contribution in [0.4, 0.5) is 0 Å². The van der Waals surface area contributed by atoms with Crippen LogP contribution in [-0.4, -0.2) is 27.8 Å². The van der Waals surface area contributed by atoms with Crippen molar-refractivity contribution in [1.82, 2.24) is 20.1 Å². The maximum atomic E-state index is 12.6. The van der Waals surface area contributed by atoms with E-state index in [9.17, 15) is 4.79 Å². The Hall–Kier alpha value is -2.45. The smallest absolute Gasteiger partial charge is 0.222 e. The van der Waals surface area contributed by atoms with Crippen molar-refractivity contribution in [1.29, 1.82) is 0 Å². The van der Waals surface area contributed by atoms with Gasteiger partial charge in [0, 0.05) is 13.0 Å². The maximum Gasteiger partial charge on any atom is 0.222 e. The minimum atomic E-state index is -0.0625. The molecule has 148 valence electrons. The lowest BCUT2D eigenvalue weighted by Gasteiger charge is -2.23. The summed E-state index contributed by atoms with van der Waals surface area (Å²) in [7, 11) is 1.64. The number of hydrogen-bond donors (Lipinski definition) is 2. The molecule has 0 spiro atoms. The summed E-state index contributed by atoms with van der Waals surface area (Å²) in [6.45, 7) is 4.66. The number of aromatic nitrogens is 3. The summed E-state index contributed by atoms with van der Waals surface area (Å²) in [5, 5.41) is 12.3. The lowest BCUT2D eigenvalue weighted by atomic mass is 9.96. The van der Waals surface area contributed by atoms with Crippen molar-refractivity contribution in [2.24, 2.45) is 5.92 Å². The largest absolute Gasteiger partial charge is 0.497 e. The Morgan fingerprint density at radius 1 is 1.32 bits per heavy atom. The van der Waals surface area contributed by atoms with Crippen LogP contribution in [0.3, 0.4) is 0 Å². The fourth-order valence-electron chi connectivity index (χ4n) is 3.02. The highest BCUT2D eigenvalue weighted by Crippen LogP contribution is 2.25. The predicted molar refractivity (Wildman–Crippen MR) is 114 cm³/mol. The maximum absolute atomic E-state index is 12.6. The summed E-state index contributed by atoms with van der Waals surface area (Å²) in [4.78, 5) is 13.7.